The van der Waals surface area contributed by atoms with Gasteiger partial charge in [-0.25, -0.2) is 8.42 Å². The number of hydrogen-bond donors (Lipinski definition) is 0. The van der Waals surface area contributed by atoms with Crippen LogP contribution in [-0.4, -0.2) is 33.6 Å². The van der Waals surface area contributed by atoms with E-state index in [1.165, 1.54) is 13.3 Å². The van der Waals surface area contributed by atoms with E-state index in [4.69, 9.17) is 16.3 Å². The fraction of sp³-hybridized carbons (Fsp3) is 0.318. The molecule has 0 unspecified atom stereocenters. The Hall–Kier alpha value is -2.31. The Kier molecular flexibility index (Phi) is 5.40. The summed E-state index contributed by atoms with van der Waals surface area (Å²) in [5.74, 6) is 1.12. The third-order valence-electron chi connectivity index (χ3n) is 5.51. The van der Waals surface area contributed by atoms with Crippen molar-refractivity contribution in [2.24, 2.45) is 5.92 Å². The number of benzene rings is 2. The van der Waals surface area contributed by atoms with Crippen LogP contribution < -0.4 is 9.64 Å². The second-order valence-corrected chi connectivity index (χ2v) is 9.84. The number of fused-ring (bicyclic) bond motifs is 1. The van der Waals surface area contributed by atoms with Crippen LogP contribution in [0.25, 0.3) is 10.9 Å². The number of piperidine rings is 1. The van der Waals surface area contributed by atoms with Gasteiger partial charge in [0.1, 0.15) is 10.6 Å². The van der Waals surface area contributed by atoms with Gasteiger partial charge < -0.3 is 9.64 Å². The van der Waals surface area contributed by atoms with E-state index in [1.807, 2.05) is 12.1 Å². The molecule has 1 aromatic heterocycles. The predicted molar refractivity (Wildman–Crippen MR) is 116 cm³/mol. The third kappa shape index (κ3) is 3.79. The molecule has 5 nitrogen and oxygen atoms in total. The molecular weight excluding hydrogens is 408 g/mol. The summed E-state index contributed by atoms with van der Waals surface area (Å²) >= 11 is 6.26. The Balaban J connectivity index is 1.95. The van der Waals surface area contributed by atoms with Gasteiger partial charge in [0, 0.05) is 29.7 Å². The third-order valence-corrected chi connectivity index (χ3v) is 7.50. The van der Waals surface area contributed by atoms with Crippen molar-refractivity contribution in [2.45, 2.75) is 29.6 Å². The van der Waals surface area contributed by atoms with E-state index >= 15 is 0 Å². The summed E-state index contributed by atoms with van der Waals surface area (Å²) in [7, 11) is -2.28. The van der Waals surface area contributed by atoms with Crippen molar-refractivity contribution < 1.29 is 13.2 Å². The molecule has 0 saturated carbocycles. The summed E-state index contributed by atoms with van der Waals surface area (Å²) in [6, 6.07) is 11.9. The second-order valence-electron chi connectivity index (χ2n) is 7.48. The van der Waals surface area contributed by atoms with Crippen molar-refractivity contribution in [1.29, 1.82) is 0 Å². The van der Waals surface area contributed by atoms with Gasteiger partial charge in [0.15, 0.2) is 0 Å². The Labute approximate surface area is 176 Å². The molecule has 1 fully saturated rings. The minimum absolute atomic E-state index is 0.187. The molecule has 0 spiro atoms. The van der Waals surface area contributed by atoms with Gasteiger partial charge in [0.25, 0.3) is 0 Å². The van der Waals surface area contributed by atoms with Crippen LogP contribution in [0.4, 0.5) is 5.69 Å². The molecule has 0 atom stereocenters. The van der Waals surface area contributed by atoms with Crippen LogP contribution in [0, 0.1) is 5.92 Å². The molecule has 0 aliphatic carbocycles. The van der Waals surface area contributed by atoms with Crippen LogP contribution >= 0.6 is 11.6 Å². The standard InChI is InChI=1S/C22H23ClN2O3S/c1-15-8-10-25(11-9-15)22-19-12-16(23)6-7-20(19)24-14-21(22)29(26,27)18-5-3-4-17(13-18)28-2/h3-7,12-15H,8-11H2,1-2H3. The van der Waals surface area contributed by atoms with Gasteiger partial charge in [0.2, 0.25) is 9.84 Å². The molecule has 29 heavy (non-hydrogen) atoms. The van der Waals surface area contributed by atoms with E-state index in [2.05, 4.69) is 16.8 Å². The summed E-state index contributed by atoms with van der Waals surface area (Å²) in [5, 5.41) is 1.32. The van der Waals surface area contributed by atoms with Crippen LogP contribution in [0.2, 0.25) is 5.02 Å². The number of hydrogen-bond acceptors (Lipinski definition) is 5. The summed E-state index contributed by atoms with van der Waals surface area (Å²) < 4.78 is 32.4. The summed E-state index contributed by atoms with van der Waals surface area (Å²) in [6.07, 6.45) is 3.50. The van der Waals surface area contributed by atoms with Crippen molar-refractivity contribution >= 4 is 38.0 Å². The summed E-state index contributed by atoms with van der Waals surface area (Å²) in [5.41, 5.74) is 1.42. The van der Waals surface area contributed by atoms with E-state index in [0.29, 0.717) is 22.4 Å². The second kappa shape index (κ2) is 7.84. The molecule has 0 radical (unpaired) electrons. The van der Waals surface area contributed by atoms with E-state index in [1.54, 1.807) is 30.3 Å². The molecule has 0 amide bonds. The first kappa shape index (κ1) is 20.0. The highest BCUT2D eigenvalue weighted by Gasteiger charge is 2.29. The van der Waals surface area contributed by atoms with Crippen LogP contribution in [0.3, 0.4) is 0 Å². The van der Waals surface area contributed by atoms with Gasteiger partial charge in [-0.05, 0) is 55.2 Å². The maximum absolute atomic E-state index is 13.6. The number of sulfone groups is 1. The number of ether oxygens (including phenoxy) is 1. The van der Waals surface area contributed by atoms with Gasteiger partial charge in [-0.15, -0.1) is 0 Å². The van der Waals surface area contributed by atoms with Gasteiger partial charge in [-0.1, -0.05) is 24.6 Å². The van der Waals surface area contributed by atoms with Crippen molar-refractivity contribution in [3.8, 4) is 5.75 Å². The van der Waals surface area contributed by atoms with Gasteiger partial charge >= 0.3 is 0 Å². The topological polar surface area (TPSA) is 59.5 Å². The molecule has 0 bridgehead atoms. The molecule has 3 aromatic rings. The van der Waals surface area contributed by atoms with Gasteiger partial charge in [0.05, 0.1) is 23.2 Å². The summed E-state index contributed by atoms with van der Waals surface area (Å²) in [4.78, 5) is 6.98. The number of anilines is 1. The average molecular weight is 431 g/mol. The van der Waals surface area contributed by atoms with Crippen molar-refractivity contribution in [1.82, 2.24) is 4.98 Å². The summed E-state index contributed by atoms with van der Waals surface area (Å²) in [6.45, 7) is 3.83. The van der Waals surface area contributed by atoms with Crippen molar-refractivity contribution in [2.75, 3.05) is 25.1 Å². The van der Waals surface area contributed by atoms with Crippen LogP contribution in [-0.2, 0) is 9.84 Å². The smallest absolute Gasteiger partial charge is 0.210 e. The first-order valence-electron chi connectivity index (χ1n) is 9.62. The molecule has 2 aromatic carbocycles. The maximum atomic E-state index is 13.6. The van der Waals surface area contributed by atoms with Crippen molar-refractivity contribution in [3.05, 3.63) is 53.7 Å². The maximum Gasteiger partial charge on any atom is 0.210 e. The quantitative estimate of drug-likeness (QED) is 0.585. The average Bonchev–Trinajstić information content (AvgIpc) is 2.73. The number of aromatic nitrogens is 1. The lowest BCUT2D eigenvalue weighted by Crippen LogP contribution is -2.34. The largest absolute Gasteiger partial charge is 0.497 e. The molecular formula is C22H23ClN2O3S. The zero-order valence-electron chi connectivity index (χ0n) is 16.4. The van der Waals surface area contributed by atoms with E-state index in [-0.39, 0.29) is 9.79 Å². The van der Waals surface area contributed by atoms with E-state index in [0.717, 1.165) is 36.8 Å². The molecule has 2 heterocycles. The van der Waals surface area contributed by atoms with E-state index < -0.39 is 9.84 Å². The highest BCUT2D eigenvalue weighted by molar-refractivity contribution is 7.91. The molecule has 152 valence electrons. The Morgan fingerprint density at radius 2 is 1.90 bits per heavy atom. The highest BCUT2D eigenvalue weighted by atomic mass is 35.5. The molecule has 1 saturated heterocycles. The minimum Gasteiger partial charge on any atom is -0.497 e. The SMILES string of the molecule is COc1cccc(S(=O)(=O)c2cnc3ccc(Cl)cc3c2N2CCC(C)CC2)c1. The number of methoxy groups -OCH3 is 1. The molecule has 7 heteroatoms. The number of pyridine rings is 1. The molecule has 4 rings (SSSR count). The lowest BCUT2D eigenvalue weighted by Gasteiger charge is -2.34. The van der Waals surface area contributed by atoms with Crippen molar-refractivity contribution in [3.63, 3.8) is 0 Å². The fourth-order valence-electron chi connectivity index (χ4n) is 3.78. The predicted octanol–water partition coefficient (Wildman–Crippen LogP) is 4.97. The Morgan fingerprint density at radius 1 is 1.14 bits per heavy atom. The zero-order valence-corrected chi connectivity index (χ0v) is 18.0. The fourth-order valence-corrected chi connectivity index (χ4v) is 5.42. The Morgan fingerprint density at radius 3 is 2.62 bits per heavy atom. The number of halogens is 1. The van der Waals surface area contributed by atoms with Gasteiger partial charge in [-0.3, -0.25) is 4.98 Å². The number of nitrogens with zero attached hydrogens (tertiary/aromatic N) is 2. The molecule has 0 N–H and O–H groups in total. The Bertz CT molecular complexity index is 1160. The molecule has 1 aliphatic rings. The lowest BCUT2D eigenvalue weighted by molar-refractivity contribution is 0.413. The first-order valence-corrected chi connectivity index (χ1v) is 11.5. The molecule has 1 aliphatic heterocycles. The van der Waals surface area contributed by atoms with E-state index in [9.17, 15) is 8.42 Å². The zero-order chi connectivity index (χ0) is 20.6. The minimum atomic E-state index is -3.80. The van der Waals surface area contributed by atoms with Crippen LogP contribution in [0.1, 0.15) is 19.8 Å². The number of rotatable bonds is 4. The highest BCUT2D eigenvalue weighted by Crippen LogP contribution is 2.38. The normalized spacial score (nSPS) is 15.6. The first-order chi connectivity index (χ1) is 13.9. The van der Waals surface area contributed by atoms with Gasteiger partial charge in [-0.2, -0.15) is 0 Å². The monoisotopic (exact) mass is 430 g/mol. The lowest BCUT2D eigenvalue weighted by atomic mass is 9.98. The van der Waals surface area contributed by atoms with Crippen LogP contribution in [0.5, 0.6) is 5.75 Å². The van der Waals surface area contributed by atoms with Crippen LogP contribution in [0.15, 0.2) is 58.5 Å².